The SMILES string of the molecule is COCCNCCNS(=O)(=O)c1ccc(NS(C)(=O)=O)c(F)c1.Cl. The molecule has 0 aromatic heterocycles. The minimum absolute atomic E-state index is 0. The maximum atomic E-state index is 13.8. The molecule has 24 heavy (non-hydrogen) atoms. The lowest BCUT2D eigenvalue weighted by Crippen LogP contribution is -2.33. The highest BCUT2D eigenvalue weighted by molar-refractivity contribution is 7.92. The summed E-state index contributed by atoms with van der Waals surface area (Å²) in [4.78, 5) is -0.286. The highest BCUT2D eigenvalue weighted by Gasteiger charge is 2.16. The Hall–Kier alpha value is -0.980. The van der Waals surface area contributed by atoms with Crippen LogP contribution in [0, 0.1) is 5.82 Å². The number of halogens is 2. The van der Waals surface area contributed by atoms with E-state index in [1.807, 2.05) is 4.72 Å². The molecule has 0 heterocycles. The van der Waals surface area contributed by atoms with E-state index in [0.29, 0.717) is 19.7 Å². The highest BCUT2D eigenvalue weighted by Crippen LogP contribution is 2.19. The molecule has 0 fully saturated rings. The van der Waals surface area contributed by atoms with E-state index in [2.05, 4.69) is 10.0 Å². The second-order valence-corrected chi connectivity index (χ2v) is 8.17. The zero-order chi connectivity index (χ0) is 17.5. The van der Waals surface area contributed by atoms with Crippen LogP contribution < -0.4 is 14.8 Å². The topological polar surface area (TPSA) is 114 Å². The number of methoxy groups -OCH3 is 1. The average molecular weight is 406 g/mol. The number of ether oxygens (including phenoxy) is 1. The van der Waals surface area contributed by atoms with Crippen LogP contribution in [-0.4, -0.2) is 56.4 Å². The van der Waals surface area contributed by atoms with E-state index < -0.39 is 25.9 Å². The molecule has 0 aliphatic rings. The first-order chi connectivity index (χ1) is 10.7. The smallest absolute Gasteiger partial charge is 0.240 e. The van der Waals surface area contributed by atoms with E-state index in [1.165, 1.54) is 0 Å². The van der Waals surface area contributed by atoms with Gasteiger partial charge in [0.15, 0.2) is 0 Å². The van der Waals surface area contributed by atoms with Crippen molar-refractivity contribution in [3.8, 4) is 0 Å². The molecule has 0 amide bonds. The molecule has 1 aromatic rings. The number of sulfonamides is 2. The van der Waals surface area contributed by atoms with Crippen LogP contribution in [0.4, 0.5) is 10.1 Å². The molecule has 0 bridgehead atoms. The van der Waals surface area contributed by atoms with E-state index in [1.54, 1.807) is 7.11 Å². The van der Waals surface area contributed by atoms with Gasteiger partial charge in [-0.15, -0.1) is 12.4 Å². The maximum absolute atomic E-state index is 13.8. The summed E-state index contributed by atoms with van der Waals surface area (Å²) in [5, 5.41) is 2.95. The predicted octanol–water partition coefficient (Wildman–Crippen LogP) is 0.133. The van der Waals surface area contributed by atoms with Gasteiger partial charge in [0.25, 0.3) is 0 Å². The molecule has 140 valence electrons. The largest absolute Gasteiger partial charge is 0.383 e. The van der Waals surface area contributed by atoms with E-state index in [4.69, 9.17) is 4.74 Å². The highest BCUT2D eigenvalue weighted by atomic mass is 35.5. The first-order valence-electron chi connectivity index (χ1n) is 6.62. The molecule has 0 aliphatic heterocycles. The maximum Gasteiger partial charge on any atom is 0.240 e. The van der Waals surface area contributed by atoms with Gasteiger partial charge in [-0.1, -0.05) is 0 Å². The van der Waals surface area contributed by atoms with Crippen molar-refractivity contribution in [2.75, 3.05) is 44.3 Å². The fourth-order valence-corrected chi connectivity index (χ4v) is 3.21. The summed E-state index contributed by atoms with van der Waals surface area (Å²) >= 11 is 0. The minimum atomic E-state index is -3.87. The molecule has 0 saturated carbocycles. The van der Waals surface area contributed by atoms with E-state index >= 15 is 0 Å². The van der Waals surface area contributed by atoms with Crippen molar-refractivity contribution in [2.24, 2.45) is 0 Å². The van der Waals surface area contributed by atoms with E-state index in [9.17, 15) is 21.2 Å². The van der Waals surface area contributed by atoms with Gasteiger partial charge < -0.3 is 10.1 Å². The number of anilines is 1. The Morgan fingerprint density at radius 2 is 1.79 bits per heavy atom. The van der Waals surface area contributed by atoms with Gasteiger partial charge in [0, 0.05) is 26.7 Å². The third kappa shape index (κ3) is 8.22. The Balaban J connectivity index is 0.00000529. The number of hydrogen-bond donors (Lipinski definition) is 3. The number of rotatable bonds is 10. The monoisotopic (exact) mass is 405 g/mol. The van der Waals surface area contributed by atoms with Crippen molar-refractivity contribution >= 4 is 38.1 Å². The van der Waals surface area contributed by atoms with Gasteiger partial charge in [-0.05, 0) is 18.2 Å². The molecule has 12 heteroatoms. The quantitative estimate of drug-likeness (QED) is 0.477. The normalized spacial score (nSPS) is 11.8. The summed E-state index contributed by atoms with van der Waals surface area (Å²) in [7, 11) is -5.96. The third-order valence-electron chi connectivity index (χ3n) is 2.62. The van der Waals surface area contributed by atoms with E-state index in [-0.39, 0.29) is 29.5 Å². The zero-order valence-electron chi connectivity index (χ0n) is 13.2. The first kappa shape index (κ1) is 23.0. The van der Waals surface area contributed by atoms with Crippen molar-refractivity contribution in [2.45, 2.75) is 4.90 Å². The molecule has 0 radical (unpaired) electrons. The molecule has 1 aromatic carbocycles. The van der Waals surface area contributed by atoms with Crippen molar-refractivity contribution in [3.63, 3.8) is 0 Å². The summed E-state index contributed by atoms with van der Waals surface area (Å²) in [5.74, 6) is -0.975. The lowest BCUT2D eigenvalue weighted by Gasteiger charge is -2.10. The molecule has 0 saturated heterocycles. The molecular formula is C12H21ClFN3O5S2. The Morgan fingerprint density at radius 3 is 2.33 bits per heavy atom. The Kier molecular flexibility index (Phi) is 9.70. The Labute approximate surface area is 147 Å². The Bertz CT molecular complexity index is 728. The molecular weight excluding hydrogens is 385 g/mol. The van der Waals surface area contributed by atoms with Gasteiger partial charge in [0.1, 0.15) is 5.82 Å². The third-order valence-corrected chi connectivity index (χ3v) is 4.67. The van der Waals surface area contributed by atoms with Crippen LogP contribution in [0.3, 0.4) is 0 Å². The van der Waals surface area contributed by atoms with Crippen LogP contribution in [0.15, 0.2) is 23.1 Å². The fourth-order valence-electron chi connectivity index (χ4n) is 1.60. The van der Waals surface area contributed by atoms with Gasteiger partial charge in [-0.2, -0.15) is 0 Å². The lowest BCUT2D eigenvalue weighted by molar-refractivity contribution is 0.199. The number of nitrogens with one attached hydrogen (secondary N) is 3. The molecule has 0 spiro atoms. The van der Waals surface area contributed by atoms with Crippen LogP contribution in [-0.2, 0) is 24.8 Å². The molecule has 0 aliphatic carbocycles. The number of benzene rings is 1. The second kappa shape index (κ2) is 10.1. The number of hydrogen-bond acceptors (Lipinski definition) is 6. The summed E-state index contributed by atoms with van der Waals surface area (Å²) in [5.41, 5.74) is -0.312. The van der Waals surface area contributed by atoms with Crippen LogP contribution in [0.25, 0.3) is 0 Å². The minimum Gasteiger partial charge on any atom is -0.383 e. The van der Waals surface area contributed by atoms with Crippen LogP contribution >= 0.6 is 12.4 Å². The van der Waals surface area contributed by atoms with Gasteiger partial charge in [0.05, 0.1) is 23.4 Å². The molecule has 1 rings (SSSR count). The summed E-state index contributed by atoms with van der Waals surface area (Å²) in [6.07, 6.45) is 0.870. The van der Waals surface area contributed by atoms with Gasteiger partial charge in [-0.25, -0.2) is 25.9 Å². The summed E-state index contributed by atoms with van der Waals surface area (Å²) < 4.78 is 69.0. The molecule has 3 N–H and O–H groups in total. The van der Waals surface area contributed by atoms with Crippen LogP contribution in [0.2, 0.25) is 0 Å². The fraction of sp³-hybridized carbons (Fsp3) is 0.500. The standard InChI is InChI=1S/C12H20FN3O5S2.ClH/c1-21-8-7-14-5-6-15-23(19,20)10-3-4-12(11(13)9-10)16-22(2,17)18;/h3-4,9,14-16H,5-8H2,1-2H3;1H. The zero-order valence-corrected chi connectivity index (χ0v) is 15.7. The molecule has 8 nitrogen and oxygen atoms in total. The van der Waals surface area contributed by atoms with Gasteiger partial charge in [0.2, 0.25) is 20.0 Å². The van der Waals surface area contributed by atoms with Crippen LogP contribution in [0.5, 0.6) is 0 Å². The van der Waals surface area contributed by atoms with Crippen molar-refractivity contribution < 1.29 is 26.0 Å². The van der Waals surface area contributed by atoms with Crippen molar-refractivity contribution in [1.82, 2.24) is 10.0 Å². The average Bonchev–Trinajstić information content (AvgIpc) is 2.43. The van der Waals surface area contributed by atoms with Crippen molar-refractivity contribution in [1.29, 1.82) is 0 Å². The van der Waals surface area contributed by atoms with Gasteiger partial charge >= 0.3 is 0 Å². The molecule has 0 unspecified atom stereocenters. The summed E-state index contributed by atoms with van der Waals surface area (Å²) in [6, 6.07) is 2.94. The Morgan fingerprint density at radius 1 is 1.12 bits per heavy atom. The molecule has 0 atom stereocenters. The summed E-state index contributed by atoms with van der Waals surface area (Å²) in [6.45, 7) is 1.60. The first-order valence-corrected chi connectivity index (χ1v) is 10.00. The lowest BCUT2D eigenvalue weighted by atomic mass is 10.3. The second-order valence-electron chi connectivity index (χ2n) is 4.66. The van der Waals surface area contributed by atoms with Crippen molar-refractivity contribution in [3.05, 3.63) is 24.0 Å². The van der Waals surface area contributed by atoms with E-state index in [0.717, 1.165) is 24.5 Å². The van der Waals surface area contributed by atoms with Crippen LogP contribution in [0.1, 0.15) is 0 Å². The predicted molar refractivity (Wildman–Crippen MR) is 92.0 cm³/mol. The van der Waals surface area contributed by atoms with Gasteiger partial charge in [-0.3, -0.25) is 4.72 Å².